The van der Waals surface area contributed by atoms with Crippen LogP contribution < -0.4 is 33.6 Å². The van der Waals surface area contributed by atoms with Gasteiger partial charge >= 0.3 is 0 Å². The predicted molar refractivity (Wildman–Crippen MR) is 262 cm³/mol. The van der Waals surface area contributed by atoms with Gasteiger partial charge < -0.3 is 43.0 Å². The molecule has 0 spiro atoms. The molecule has 14 heteroatoms. The van der Waals surface area contributed by atoms with Crippen molar-refractivity contribution in [2.24, 2.45) is 9.98 Å². The number of unbranched alkanes of at least 4 members (excludes halogenated alkanes) is 1. The SMILES string of the molecule is C=Nc1cc(OCc2cc(COc3cc4c(cc3OC)C(=O)N3c5ccccc5CC3C=N4)cc(N(CCCC)CCOCCOCCOC)c2)c(OC)cc1C(=O)N1CCc2ccccc21. The normalized spacial score (nSPS) is 14.5. The number of ether oxygens (including phenoxy) is 7. The smallest absolute Gasteiger partial charge is 0.261 e. The molecule has 67 heavy (non-hydrogen) atoms. The van der Waals surface area contributed by atoms with Crippen LogP contribution >= 0.6 is 0 Å². The van der Waals surface area contributed by atoms with Crippen molar-refractivity contribution in [1.29, 1.82) is 0 Å². The molecule has 0 aliphatic carbocycles. The van der Waals surface area contributed by atoms with E-state index in [1.165, 1.54) is 0 Å². The van der Waals surface area contributed by atoms with Gasteiger partial charge in [0, 0.05) is 68.6 Å². The van der Waals surface area contributed by atoms with Crippen LogP contribution in [-0.2, 0) is 40.3 Å². The van der Waals surface area contributed by atoms with Crippen LogP contribution in [0.3, 0.4) is 0 Å². The zero-order valence-electron chi connectivity index (χ0n) is 38.8. The fraction of sp³-hybridized carbons (Fsp3) is 0.358. The van der Waals surface area contributed by atoms with E-state index in [-0.39, 0.29) is 31.1 Å². The minimum atomic E-state index is -0.181. The highest BCUT2D eigenvalue weighted by molar-refractivity contribution is 6.15. The highest BCUT2D eigenvalue weighted by Crippen LogP contribution is 2.42. The molecule has 0 saturated heterocycles. The average Bonchev–Trinajstić information content (AvgIpc) is 3.93. The average molecular weight is 910 g/mol. The number of aliphatic imine (C=N–C) groups is 2. The first-order valence-corrected chi connectivity index (χ1v) is 22.9. The van der Waals surface area contributed by atoms with E-state index < -0.39 is 0 Å². The van der Waals surface area contributed by atoms with Crippen molar-refractivity contribution in [2.45, 2.75) is 51.9 Å². The number of rotatable bonds is 23. The number of hydrogen-bond donors (Lipinski definition) is 0. The van der Waals surface area contributed by atoms with Gasteiger partial charge in [-0.05, 0) is 84.3 Å². The van der Waals surface area contributed by atoms with Gasteiger partial charge in [0.2, 0.25) is 0 Å². The molecule has 5 aromatic rings. The summed E-state index contributed by atoms with van der Waals surface area (Å²) in [6.07, 6.45) is 5.32. The lowest BCUT2D eigenvalue weighted by Gasteiger charge is -2.26. The highest BCUT2D eigenvalue weighted by Gasteiger charge is 2.36. The van der Waals surface area contributed by atoms with Crippen LogP contribution in [-0.4, -0.2) is 105 Å². The second-order valence-electron chi connectivity index (χ2n) is 16.5. The Morgan fingerprint density at radius 3 is 2.16 bits per heavy atom. The summed E-state index contributed by atoms with van der Waals surface area (Å²) in [6, 6.07) is 28.9. The van der Waals surface area contributed by atoms with Crippen molar-refractivity contribution in [1.82, 2.24) is 0 Å². The number of para-hydroxylation sites is 2. The minimum absolute atomic E-state index is 0.134. The Labute approximate surface area is 392 Å². The zero-order chi connectivity index (χ0) is 46.7. The van der Waals surface area contributed by atoms with Crippen molar-refractivity contribution in [3.63, 3.8) is 0 Å². The molecule has 0 aromatic heterocycles. The number of carbonyl (C=O) groups excluding carboxylic acids is 2. The van der Waals surface area contributed by atoms with E-state index in [1.54, 1.807) is 50.5 Å². The molecule has 350 valence electrons. The number of anilines is 3. The Kier molecular flexibility index (Phi) is 15.5. The minimum Gasteiger partial charge on any atom is -0.493 e. The summed E-state index contributed by atoms with van der Waals surface area (Å²) in [7, 11) is 4.77. The van der Waals surface area contributed by atoms with Gasteiger partial charge in [0.15, 0.2) is 23.0 Å². The Hall–Kier alpha value is -6.74. The van der Waals surface area contributed by atoms with Crippen LogP contribution in [0.4, 0.5) is 28.4 Å². The second-order valence-corrected chi connectivity index (χ2v) is 16.5. The molecular formula is C53H59N5O9. The Morgan fingerprint density at radius 1 is 0.776 bits per heavy atom. The van der Waals surface area contributed by atoms with Gasteiger partial charge in [0.25, 0.3) is 11.8 Å². The zero-order valence-corrected chi connectivity index (χ0v) is 38.8. The summed E-state index contributed by atoms with van der Waals surface area (Å²) in [5.74, 6) is 1.39. The summed E-state index contributed by atoms with van der Waals surface area (Å²) in [5, 5.41) is 0. The summed E-state index contributed by atoms with van der Waals surface area (Å²) in [6.45, 7) is 10.9. The van der Waals surface area contributed by atoms with E-state index in [9.17, 15) is 9.59 Å². The third-order valence-electron chi connectivity index (χ3n) is 12.2. The largest absolute Gasteiger partial charge is 0.493 e. The van der Waals surface area contributed by atoms with Gasteiger partial charge in [-0.1, -0.05) is 49.7 Å². The number of benzene rings is 5. The Morgan fingerprint density at radius 2 is 1.45 bits per heavy atom. The van der Waals surface area contributed by atoms with Gasteiger partial charge in [-0.15, -0.1) is 0 Å². The fourth-order valence-electron chi connectivity index (χ4n) is 8.78. The van der Waals surface area contributed by atoms with Gasteiger partial charge in [0.05, 0.1) is 75.8 Å². The first-order valence-electron chi connectivity index (χ1n) is 22.9. The monoisotopic (exact) mass is 909 g/mol. The van der Waals surface area contributed by atoms with Crippen LogP contribution in [0.25, 0.3) is 0 Å². The summed E-state index contributed by atoms with van der Waals surface area (Å²) in [4.78, 5) is 43.0. The van der Waals surface area contributed by atoms with Crippen LogP contribution in [0, 0.1) is 0 Å². The molecule has 1 unspecified atom stereocenters. The van der Waals surface area contributed by atoms with Crippen LogP contribution in [0.1, 0.15) is 62.7 Å². The van der Waals surface area contributed by atoms with E-state index in [1.807, 2.05) is 59.6 Å². The second kappa shape index (κ2) is 22.2. The molecule has 0 N–H and O–H groups in total. The summed E-state index contributed by atoms with van der Waals surface area (Å²) >= 11 is 0. The first-order chi connectivity index (χ1) is 32.8. The number of carbonyl (C=O) groups is 2. The molecule has 3 heterocycles. The van der Waals surface area contributed by atoms with Crippen molar-refractivity contribution >= 4 is 53.2 Å². The van der Waals surface area contributed by atoms with E-state index in [4.69, 9.17) is 38.2 Å². The van der Waals surface area contributed by atoms with Crippen molar-refractivity contribution in [3.05, 3.63) is 124 Å². The van der Waals surface area contributed by atoms with Crippen molar-refractivity contribution < 1.29 is 42.7 Å². The lowest BCUT2D eigenvalue weighted by molar-refractivity contribution is 0.0264. The molecular weight excluding hydrogens is 851 g/mol. The standard InChI is InChI=1S/C53H59N5O9/c1-6-7-17-56(19-20-64-23-24-65-22-21-61-3)40-26-36(34-66-50-31-44(54-2)42(29-48(50)62-4)52(59)57-18-16-38-12-8-10-14-46(38)57)25-37(27-40)35-67-51-32-45-43(30-49(51)63-5)53(60)58-41(33-55-45)28-39-13-9-11-15-47(39)58/h8-15,25-27,29-33,41H,2,6-7,16-24,28,34-35H2,1,3-5H3. The lowest BCUT2D eigenvalue weighted by Crippen LogP contribution is -2.37. The number of amides is 2. The molecule has 8 rings (SSSR count). The molecule has 5 aromatic carbocycles. The Bertz CT molecular complexity index is 2600. The van der Waals surface area contributed by atoms with Gasteiger partial charge in [-0.2, -0.15) is 0 Å². The molecule has 2 amide bonds. The van der Waals surface area contributed by atoms with Gasteiger partial charge in [-0.25, -0.2) is 0 Å². The lowest BCUT2D eigenvalue weighted by atomic mass is 10.1. The highest BCUT2D eigenvalue weighted by atomic mass is 16.5. The molecule has 14 nitrogen and oxygen atoms in total. The molecule has 0 bridgehead atoms. The van der Waals surface area contributed by atoms with Gasteiger partial charge in [0.1, 0.15) is 13.2 Å². The van der Waals surface area contributed by atoms with E-state index in [2.05, 4.69) is 41.7 Å². The number of hydrogen-bond acceptors (Lipinski definition) is 12. The molecule has 0 radical (unpaired) electrons. The van der Waals surface area contributed by atoms with Crippen molar-refractivity contribution in [2.75, 3.05) is 88.7 Å². The third-order valence-corrected chi connectivity index (χ3v) is 12.2. The third kappa shape index (κ3) is 10.6. The molecule has 0 fully saturated rings. The van der Waals surface area contributed by atoms with Crippen LogP contribution in [0.5, 0.6) is 23.0 Å². The summed E-state index contributed by atoms with van der Waals surface area (Å²) in [5.41, 5.74) is 8.50. The van der Waals surface area contributed by atoms with Gasteiger partial charge in [-0.3, -0.25) is 24.5 Å². The Balaban J connectivity index is 1.05. The summed E-state index contributed by atoms with van der Waals surface area (Å²) < 4.78 is 41.4. The predicted octanol–water partition coefficient (Wildman–Crippen LogP) is 8.97. The van der Waals surface area contributed by atoms with Crippen LogP contribution in [0.2, 0.25) is 0 Å². The number of fused-ring (bicyclic) bond motifs is 5. The molecule has 3 aliphatic rings. The quantitative estimate of drug-likeness (QED) is 0.0462. The number of methoxy groups -OCH3 is 3. The maximum atomic E-state index is 14.1. The fourth-order valence-corrected chi connectivity index (χ4v) is 8.78. The molecule has 3 aliphatic heterocycles. The number of nitrogens with zero attached hydrogens (tertiary/aromatic N) is 5. The maximum absolute atomic E-state index is 14.1. The molecule has 0 saturated carbocycles. The van der Waals surface area contributed by atoms with E-state index in [0.29, 0.717) is 98.0 Å². The first kappa shape index (κ1) is 46.8. The maximum Gasteiger partial charge on any atom is 0.261 e. The van der Waals surface area contributed by atoms with Crippen LogP contribution in [0.15, 0.2) is 101 Å². The molecule has 1 atom stereocenters. The topological polar surface area (TPSA) is 133 Å². The van der Waals surface area contributed by atoms with E-state index in [0.717, 1.165) is 65.1 Å². The van der Waals surface area contributed by atoms with Crippen molar-refractivity contribution in [3.8, 4) is 23.0 Å². The van der Waals surface area contributed by atoms with E-state index >= 15 is 0 Å².